The fourth-order valence-corrected chi connectivity index (χ4v) is 6.20. The van der Waals surface area contributed by atoms with E-state index < -0.39 is 30.9 Å². The number of hydrogen-bond acceptors (Lipinski definition) is 9. The molecule has 11 nitrogen and oxygen atoms in total. The number of anilines is 1. The molecule has 14 heteroatoms. The van der Waals surface area contributed by atoms with Gasteiger partial charge in [-0.1, -0.05) is 0 Å². The smallest absolute Gasteiger partial charge is 0.406 e. The summed E-state index contributed by atoms with van der Waals surface area (Å²) in [5.74, 6) is 1.25. The van der Waals surface area contributed by atoms with Crippen LogP contribution in [0.25, 0.3) is 22.1 Å². The number of hydrogen-bond donors (Lipinski definition) is 4. The molecule has 3 aromatic heterocycles. The van der Waals surface area contributed by atoms with Crippen molar-refractivity contribution in [3.63, 3.8) is 0 Å². The van der Waals surface area contributed by atoms with Gasteiger partial charge in [0, 0.05) is 37.3 Å². The molecular formula is C28H34F3N7O4. The highest BCUT2D eigenvalue weighted by atomic mass is 19.4. The first-order valence-corrected chi connectivity index (χ1v) is 14.1. The minimum atomic E-state index is -4.74. The Morgan fingerprint density at radius 3 is 2.71 bits per heavy atom. The molecular weight excluding hydrogens is 555 g/mol. The maximum absolute atomic E-state index is 12.5. The molecule has 0 bridgehead atoms. The lowest BCUT2D eigenvalue weighted by molar-refractivity contribution is -0.274. The number of nitrogens with one attached hydrogen (secondary N) is 1. The number of halogens is 3. The van der Waals surface area contributed by atoms with E-state index >= 15 is 0 Å². The monoisotopic (exact) mass is 589 g/mol. The van der Waals surface area contributed by atoms with Crippen LogP contribution in [0.5, 0.6) is 5.75 Å². The molecule has 4 aromatic rings. The van der Waals surface area contributed by atoms with Gasteiger partial charge in [0.25, 0.3) is 0 Å². The van der Waals surface area contributed by atoms with E-state index in [9.17, 15) is 23.4 Å². The number of alkyl halides is 3. The van der Waals surface area contributed by atoms with Gasteiger partial charge in [-0.05, 0) is 57.2 Å². The van der Waals surface area contributed by atoms with Crippen LogP contribution < -0.4 is 10.5 Å². The van der Waals surface area contributed by atoms with Gasteiger partial charge in [-0.25, -0.2) is 15.0 Å². The summed E-state index contributed by atoms with van der Waals surface area (Å²) in [4.78, 5) is 18.2. The second-order valence-electron chi connectivity index (χ2n) is 11.5. The Morgan fingerprint density at radius 2 is 1.98 bits per heavy atom. The Balaban J connectivity index is 1.04. The summed E-state index contributed by atoms with van der Waals surface area (Å²) in [6.45, 7) is 4.67. The third-order valence-corrected chi connectivity index (χ3v) is 8.41. The van der Waals surface area contributed by atoms with Crippen molar-refractivity contribution >= 4 is 27.9 Å². The van der Waals surface area contributed by atoms with Crippen LogP contribution in [0.15, 0.2) is 36.8 Å². The third-order valence-electron chi connectivity index (χ3n) is 8.41. The highest BCUT2D eigenvalue weighted by molar-refractivity contribution is 5.86. The van der Waals surface area contributed by atoms with Gasteiger partial charge in [-0.3, -0.25) is 4.90 Å². The summed E-state index contributed by atoms with van der Waals surface area (Å²) in [5.41, 5.74) is 7.58. The minimum absolute atomic E-state index is 0.200. The largest absolute Gasteiger partial charge is 0.573 e. The van der Waals surface area contributed by atoms with Crippen molar-refractivity contribution in [2.75, 3.05) is 12.3 Å². The molecule has 1 aliphatic heterocycles. The molecule has 6 rings (SSSR count). The molecule has 1 saturated carbocycles. The van der Waals surface area contributed by atoms with Crippen molar-refractivity contribution in [3.8, 4) is 5.75 Å². The van der Waals surface area contributed by atoms with Crippen molar-refractivity contribution in [1.29, 1.82) is 0 Å². The number of nitrogen functional groups attached to an aromatic ring is 1. The van der Waals surface area contributed by atoms with Gasteiger partial charge >= 0.3 is 6.36 Å². The van der Waals surface area contributed by atoms with E-state index in [0.717, 1.165) is 25.1 Å². The lowest BCUT2D eigenvalue weighted by atomic mass is 9.76. The van der Waals surface area contributed by atoms with Crippen molar-refractivity contribution in [3.05, 3.63) is 42.6 Å². The van der Waals surface area contributed by atoms with E-state index in [1.54, 1.807) is 16.8 Å². The van der Waals surface area contributed by atoms with E-state index in [0.29, 0.717) is 52.8 Å². The van der Waals surface area contributed by atoms with Crippen LogP contribution in [0.1, 0.15) is 45.2 Å². The average molecular weight is 590 g/mol. The number of benzene rings is 1. The number of imidazole rings is 1. The molecule has 1 aromatic carbocycles. The van der Waals surface area contributed by atoms with Crippen LogP contribution in [0, 0.1) is 5.92 Å². The van der Waals surface area contributed by atoms with Crippen LogP contribution in [0.3, 0.4) is 0 Å². The summed E-state index contributed by atoms with van der Waals surface area (Å²) < 4.78 is 49.5. The topological polar surface area (TPSA) is 148 Å². The number of aromatic nitrogens is 5. The Morgan fingerprint density at radius 1 is 1.19 bits per heavy atom. The molecule has 0 radical (unpaired) electrons. The van der Waals surface area contributed by atoms with E-state index in [1.807, 2.05) is 0 Å². The van der Waals surface area contributed by atoms with Crippen LogP contribution in [0.2, 0.25) is 0 Å². The number of H-pyrrole nitrogens is 1. The van der Waals surface area contributed by atoms with E-state index in [4.69, 9.17) is 10.5 Å². The number of nitrogens with zero attached hydrogens (tertiary/aromatic N) is 5. The molecule has 1 saturated heterocycles. The van der Waals surface area contributed by atoms with Gasteiger partial charge in [0.05, 0.1) is 16.4 Å². The average Bonchev–Trinajstić information content (AvgIpc) is 3.58. The zero-order valence-electron chi connectivity index (χ0n) is 23.2. The third kappa shape index (κ3) is 5.63. The van der Waals surface area contributed by atoms with Gasteiger partial charge in [0.1, 0.15) is 47.7 Å². The molecule has 2 aliphatic rings. The van der Waals surface area contributed by atoms with Crippen LogP contribution in [-0.4, -0.2) is 82.9 Å². The Kier molecular flexibility index (Phi) is 7.50. The normalized spacial score (nSPS) is 26.5. The summed E-state index contributed by atoms with van der Waals surface area (Å²) in [5, 5.41) is 22.4. The molecule has 0 unspecified atom stereocenters. The van der Waals surface area contributed by atoms with Crippen molar-refractivity contribution in [1.82, 2.24) is 29.4 Å². The van der Waals surface area contributed by atoms with E-state index in [-0.39, 0.29) is 11.8 Å². The maximum Gasteiger partial charge on any atom is 0.573 e. The Bertz CT molecular complexity index is 1550. The summed E-state index contributed by atoms with van der Waals surface area (Å²) in [6.07, 6.45) is -1.75. The van der Waals surface area contributed by atoms with Gasteiger partial charge in [-0.15, -0.1) is 13.2 Å². The van der Waals surface area contributed by atoms with Gasteiger partial charge in [0.15, 0.2) is 6.23 Å². The first-order chi connectivity index (χ1) is 20.0. The first kappa shape index (κ1) is 28.6. The zero-order valence-corrected chi connectivity index (χ0v) is 23.2. The molecule has 5 N–H and O–H groups in total. The fraction of sp³-hybridized carbons (Fsp3) is 0.536. The zero-order chi connectivity index (χ0) is 29.8. The van der Waals surface area contributed by atoms with E-state index in [1.165, 1.54) is 24.5 Å². The molecule has 2 fully saturated rings. The fourth-order valence-electron chi connectivity index (χ4n) is 6.20. The number of rotatable bonds is 9. The van der Waals surface area contributed by atoms with Crippen LogP contribution in [-0.2, 0) is 11.2 Å². The molecule has 42 heavy (non-hydrogen) atoms. The van der Waals surface area contributed by atoms with Gasteiger partial charge < -0.3 is 35.0 Å². The van der Waals surface area contributed by atoms with Crippen molar-refractivity contribution in [2.24, 2.45) is 5.92 Å². The SMILES string of the molecule is CC(C)N(C[C@H]1O[C@@H](n2ccc3c(N)ncnc32)[C@H](O)[C@H]1O)C1CC(CCc2nc3ccc(OC(F)(F)F)cc3[nH]2)C1. The molecule has 0 spiro atoms. The number of ether oxygens (including phenoxy) is 2. The summed E-state index contributed by atoms with van der Waals surface area (Å²) >= 11 is 0. The number of nitrogens with two attached hydrogens (primary N) is 1. The van der Waals surface area contributed by atoms with Crippen molar-refractivity contribution < 1.29 is 32.9 Å². The standard InChI is InChI=1S/C28H34F3N7O4/c1-14(2)38(12-21-23(39)24(40)27(41-21)37-8-7-18-25(32)33-13-34-26(18)37)16-9-15(10-16)3-6-22-35-19-5-4-17(11-20(19)36-22)42-28(29,30)31/h4-5,7-8,11,13-16,21,23-24,27,39-40H,3,6,9-10,12H2,1-2H3,(H,35,36)(H2,32,33,34)/t15?,16?,21-,23+,24-,27-/m1/s1. The minimum Gasteiger partial charge on any atom is -0.406 e. The van der Waals surface area contributed by atoms with Crippen LogP contribution >= 0.6 is 0 Å². The number of aryl methyl sites for hydroxylation is 1. The Labute approximate surface area is 239 Å². The Hall–Kier alpha value is -3.46. The van der Waals surface area contributed by atoms with Gasteiger partial charge in [-0.2, -0.15) is 0 Å². The van der Waals surface area contributed by atoms with E-state index in [2.05, 4.69) is 43.4 Å². The molecule has 4 atom stereocenters. The lowest BCUT2D eigenvalue weighted by Crippen LogP contribution is -2.52. The number of aliphatic hydroxyl groups excluding tert-OH is 2. The molecule has 0 amide bonds. The molecule has 226 valence electrons. The highest BCUT2D eigenvalue weighted by Crippen LogP contribution is 2.39. The second kappa shape index (κ2) is 11.0. The summed E-state index contributed by atoms with van der Waals surface area (Å²) in [6, 6.07) is 6.35. The summed E-state index contributed by atoms with van der Waals surface area (Å²) in [7, 11) is 0. The molecule has 4 heterocycles. The maximum atomic E-state index is 12.5. The first-order valence-electron chi connectivity index (χ1n) is 14.1. The van der Waals surface area contributed by atoms with Gasteiger partial charge in [0.2, 0.25) is 0 Å². The number of aromatic amines is 1. The second-order valence-corrected chi connectivity index (χ2v) is 11.5. The predicted molar refractivity (Wildman–Crippen MR) is 147 cm³/mol. The van der Waals surface area contributed by atoms with Crippen molar-refractivity contribution in [2.45, 2.75) is 82.5 Å². The number of fused-ring (bicyclic) bond motifs is 2. The highest BCUT2D eigenvalue weighted by Gasteiger charge is 2.46. The number of aliphatic hydroxyl groups is 2. The lowest BCUT2D eigenvalue weighted by Gasteiger charge is -2.46. The quantitative estimate of drug-likeness (QED) is 0.230. The predicted octanol–water partition coefficient (Wildman–Crippen LogP) is 3.53. The molecule has 1 aliphatic carbocycles. The van der Waals surface area contributed by atoms with Crippen LogP contribution in [0.4, 0.5) is 19.0 Å².